The Hall–Kier alpha value is -2.22. The summed E-state index contributed by atoms with van der Waals surface area (Å²) in [5.41, 5.74) is 0. The molecule has 0 atom stereocenters. The molecule has 1 aliphatic heterocycles. The fraction of sp³-hybridized carbons (Fsp3) is 0.538. The Morgan fingerprint density at radius 1 is 1.24 bits per heavy atom. The summed E-state index contributed by atoms with van der Waals surface area (Å²) >= 11 is 0. The molecule has 0 aromatic carbocycles. The molecule has 1 N–H and O–H groups in total. The summed E-state index contributed by atoms with van der Waals surface area (Å²) in [7, 11) is 0. The minimum Gasteiger partial charge on any atom is -0.378 e. The number of aryl methyl sites for hydroxylation is 1. The van der Waals surface area contributed by atoms with Gasteiger partial charge in [0.1, 0.15) is 18.0 Å². The van der Waals surface area contributed by atoms with E-state index < -0.39 is 0 Å². The minimum absolute atomic E-state index is 0.755. The largest absolute Gasteiger partial charge is 0.378 e. The Labute approximate surface area is 123 Å². The standard InChI is InChI=1S/C13H19N7O/c1(4-20-5-3-17-18-20)2-14-12-10-13(16-11-15-12)19-6-8-21-9-7-19/h3,5,10-11H,1-2,4,6-9H2,(H,14,15,16). The predicted molar refractivity (Wildman–Crippen MR) is 78.2 cm³/mol. The van der Waals surface area contributed by atoms with Crippen LogP contribution in [0, 0.1) is 0 Å². The lowest BCUT2D eigenvalue weighted by Crippen LogP contribution is -2.36. The van der Waals surface area contributed by atoms with E-state index in [0.717, 1.165) is 57.4 Å². The van der Waals surface area contributed by atoms with Crippen LogP contribution in [0.15, 0.2) is 24.8 Å². The van der Waals surface area contributed by atoms with Gasteiger partial charge in [-0.15, -0.1) is 5.10 Å². The second-order valence-corrected chi connectivity index (χ2v) is 4.81. The molecule has 0 bridgehead atoms. The first kappa shape index (κ1) is 13.7. The number of aromatic nitrogens is 5. The SMILES string of the molecule is c1cn(CCCNc2cc(N3CCOCC3)ncn2)nn1. The summed E-state index contributed by atoms with van der Waals surface area (Å²) < 4.78 is 7.17. The van der Waals surface area contributed by atoms with Crippen molar-refractivity contribution in [3.63, 3.8) is 0 Å². The molecule has 2 aromatic heterocycles. The van der Waals surface area contributed by atoms with Crippen LogP contribution < -0.4 is 10.2 Å². The molecular formula is C13H19N7O. The van der Waals surface area contributed by atoms with Gasteiger partial charge in [0.15, 0.2) is 0 Å². The lowest BCUT2D eigenvalue weighted by atomic mass is 10.4. The van der Waals surface area contributed by atoms with Gasteiger partial charge < -0.3 is 15.0 Å². The maximum absolute atomic E-state index is 5.35. The van der Waals surface area contributed by atoms with Gasteiger partial charge in [0.25, 0.3) is 0 Å². The number of anilines is 2. The molecule has 0 aliphatic carbocycles. The van der Waals surface area contributed by atoms with E-state index in [4.69, 9.17) is 4.74 Å². The topological polar surface area (TPSA) is 81.0 Å². The Kier molecular flexibility index (Phi) is 4.57. The van der Waals surface area contributed by atoms with Gasteiger partial charge in [-0.25, -0.2) is 9.97 Å². The average molecular weight is 289 g/mol. The summed E-state index contributed by atoms with van der Waals surface area (Å²) in [6.07, 6.45) is 6.11. The normalized spacial score (nSPS) is 15.1. The lowest BCUT2D eigenvalue weighted by Gasteiger charge is -2.27. The molecule has 1 aliphatic rings. The van der Waals surface area contributed by atoms with Crippen LogP contribution in [0.4, 0.5) is 11.6 Å². The van der Waals surface area contributed by atoms with E-state index in [0.29, 0.717) is 0 Å². The first-order valence-corrected chi connectivity index (χ1v) is 7.14. The van der Waals surface area contributed by atoms with E-state index in [2.05, 4.69) is 30.5 Å². The third kappa shape index (κ3) is 3.88. The monoisotopic (exact) mass is 289 g/mol. The van der Waals surface area contributed by atoms with Crippen molar-refractivity contribution in [2.75, 3.05) is 43.1 Å². The van der Waals surface area contributed by atoms with Gasteiger partial charge in [-0.2, -0.15) is 0 Å². The van der Waals surface area contributed by atoms with Crippen molar-refractivity contribution < 1.29 is 4.74 Å². The quantitative estimate of drug-likeness (QED) is 0.771. The maximum Gasteiger partial charge on any atom is 0.134 e. The molecule has 3 rings (SSSR count). The summed E-state index contributed by atoms with van der Waals surface area (Å²) in [6.45, 7) is 4.94. The van der Waals surface area contributed by atoms with E-state index in [1.807, 2.05) is 16.9 Å². The number of ether oxygens (including phenoxy) is 1. The van der Waals surface area contributed by atoms with Crippen LogP contribution in [-0.4, -0.2) is 57.8 Å². The molecule has 21 heavy (non-hydrogen) atoms. The van der Waals surface area contributed by atoms with Gasteiger partial charge >= 0.3 is 0 Å². The number of hydrogen-bond acceptors (Lipinski definition) is 7. The van der Waals surface area contributed by atoms with Gasteiger partial charge in [-0.3, -0.25) is 4.68 Å². The first-order valence-electron chi connectivity index (χ1n) is 7.14. The number of rotatable bonds is 6. The molecule has 0 amide bonds. The number of nitrogens with zero attached hydrogens (tertiary/aromatic N) is 6. The highest BCUT2D eigenvalue weighted by Crippen LogP contribution is 2.15. The molecular weight excluding hydrogens is 270 g/mol. The number of morpholine rings is 1. The van der Waals surface area contributed by atoms with Crippen molar-refractivity contribution >= 4 is 11.6 Å². The zero-order valence-corrected chi connectivity index (χ0v) is 11.9. The molecule has 8 nitrogen and oxygen atoms in total. The molecule has 0 saturated carbocycles. The minimum atomic E-state index is 0.755. The fourth-order valence-electron chi connectivity index (χ4n) is 2.22. The van der Waals surface area contributed by atoms with Gasteiger partial charge in [0.2, 0.25) is 0 Å². The van der Waals surface area contributed by atoms with Gasteiger partial charge in [-0.1, -0.05) is 5.21 Å². The van der Waals surface area contributed by atoms with Crippen LogP contribution in [0.1, 0.15) is 6.42 Å². The van der Waals surface area contributed by atoms with Crippen LogP contribution in [0.25, 0.3) is 0 Å². The molecule has 2 aromatic rings. The first-order chi connectivity index (χ1) is 10.4. The molecule has 3 heterocycles. The van der Waals surface area contributed by atoms with Crippen LogP contribution in [0.5, 0.6) is 0 Å². The van der Waals surface area contributed by atoms with E-state index in [-0.39, 0.29) is 0 Å². The van der Waals surface area contributed by atoms with E-state index in [1.54, 1.807) is 12.5 Å². The third-order valence-corrected chi connectivity index (χ3v) is 3.33. The van der Waals surface area contributed by atoms with Crippen molar-refractivity contribution in [2.24, 2.45) is 0 Å². The second kappa shape index (κ2) is 6.98. The van der Waals surface area contributed by atoms with Crippen molar-refractivity contribution in [3.8, 4) is 0 Å². The van der Waals surface area contributed by atoms with Gasteiger partial charge in [0, 0.05) is 38.4 Å². The van der Waals surface area contributed by atoms with Crippen molar-refractivity contribution in [3.05, 3.63) is 24.8 Å². The molecule has 1 saturated heterocycles. The van der Waals surface area contributed by atoms with E-state index >= 15 is 0 Å². The molecule has 8 heteroatoms. The van der Waals surface area contributed by atoms with Crippen LogP contribution >= 0.6 is 0 Å². The summed E-state index contributed by atoms with van der Waals surface area (Å²) in [4.78, 5) is 10.8. The maximum atomic E-state index is 5.35. The van der Waals surface area contributed by atoms with Gasteiger partial charge in [-0.05, 0) is 6.42 Å². The predicted octanol–water partition coefficient (Wildman–Crippen LogP) is 0.407. The highest BCUT2D eigenvalue weighted by atomic mass is 16.5. The summed E-state index contributed by atoms with van der Waals surface area (Å²) in [5.74, 6) is 1.80. The molecule has 0 spiro atoms. The second-order valence-electron chi connectivity index (χ2n) is 4.81. The molecule has 1 fully saturated rings. The molecule has 0 radical (unpaired) electrons. The Balaban J connectivity index is 1.48. The smallest absolute Gasteiger partial charge is 0.134 e. The number of nitrogens with one attached hydrogen (secondary N) is 1. The number of hydrogen-bond donors (Lipinski definition) is 1. The van der Waals surface area contributed by atoms with E-state index in [1.165, 1.54) is 0 Å². The van der Waals surface area contributed by atoms with Crippen LogP contribution in [0.3, 0.4) is 0 Å². The Morgan fingerprint density at radius 2 is 2.14 bits per heavy atom. The zero-order valence-electron chi connectivity index (χ0n) is 11.9. The van der Waals surface area contributed by atoms with Crippen LogP contribution in [0.2, 0.25) is 0 Å². The van der Waals surface area contributed by atoms with Gasteiger partial charge in [0.05, 0.1) is 19.4 Å². The zero-order chi connectivity index (χ0) is 14.3. The van der Waals surface area contributed by atoms with Crippen molar-refractivity contribution in [1.29, 1.82) is 0 Å². The average Bonchev–Trinajstić information content (AvgIpc) is 3.06. The Bertz CT molecular complexity index is 539. The molecule has 0 unspecified atom stereocenters. The molecule has 112 valence electrons. The highest BCUT2D eigenvalue weighted by Gasteiger charge is 2.12. The van der Waals surface area contributed by atoms with E-state index in [9.17, 15) is 0 Å². The van der Waals surface area contributed by atoms with Crippen LogP contribution in [-0.2, 0) is 11.3 Å². The Morgan fingerprint density at radius 3 is 2.95 bits per heavy atom. The fourth-order valence-corrected chi connectivity index (χ4v) is 2.22. The highest BCUT2D eigenvalue weighted by molar-refractivity contribution is 5.48. The lowest BCUT2D eigenvalue weighted by molar-refractivity contribution is 0.122. The van der Waals surface area contributed by atoms with Crippen molar-refractivity contribution in [2.45, 2.75) is 13.0 Å². The third-order valence-electron chi connectivity index (χ3n) is 3.33. The van der Waals surface area contributed by atoms with Crippen molar-refractivity contribution in [1.82, 2.24) is 25.0 Å². The summed E-state index contributed by atoms with van der Waals surface area (Å²) in [5, 5.41) is 11.0. The summed E-state index contributed by atoms with van der Waals surface area (Å²) in [6, 6.07) is 1.99.